The summed E-state index contributed by atoms with van der Waals surface area (Å²) >= 11 is 1.46. The summed E-state index contributed by atoms with van der Waals surface area (Å²) in [6, 6.07) is 13.6. The molecule has 1 aliphatic heterocycles. The molecule has 1 unspecified atom stereocenters. The van der Waals surface area contributed by atoms with Crippen molar-refractivity contribution in [1.29, 1.82) is 0 Å². The minimum Gasteiger partial charge on any atom is -0.484 e. The second kappa shape index (κ2) is 11.5. The van der Waals surface area contributed by atoms with Gasteiger partial charge in [0.1, 0.15) is 23.2 Å². The number of hydrogen-bond acceptors (Lipinski definition) is 8. The molecule has 0 radical (unpaired) electrons. The maximum absolute atomic E-state index is 13.6. The van der Waals surface area contributed by atoms with Gasteiger partial charge in [-0.05, 0) is 58.3 Å². The normalized spacial score (nSPS) is 14.9. The van der Waals surface area contributed by atoms with E-state index in [9.17, 15) is 4.79 Å². The Morgan fingerprint density at radius 2 is 1.95 bits per heavy atom. The predicted molar refractivity (Wildman–Crippen MR) is 150 cm³/mol. The number of benzene rings is 1. The Labute approximate surface area is 224 Å². The average molecular weight is 521 g/mol. The second-order valence-corrected chi connectivity index (χ2v) is 11.0. The Balaban J connectivity index is 1.58. The van der Waals surface area contributed by atoms with Gasteiger partial charge in [-0.3, -0.25) is 9.78 Å². The van der Waals surface area contributed by atoms with Crippen LogP contribution in [0.15, 0.2) is 60.0 Å². The molecule has 0 aliphatic carbocycles. The minimum absolute atomic E-state index is 0.0610. The molecule has 4 rings (SSSR count). The van der Waals surface area contributed by atoms with Crippen LogP contribution in [0, 0.1) is 0 Å². The van der Waals surface area contributed by atoms with E-state index in [1.54, 1.807) is 17.3 Å². The second-order valence-electron chi connectivity index (χ2n) is 10.2. The Hall–Kier alpha value is -3.17. The summed E-state index contributed by atoms with van der Waals surface area (Å²) in [5.74, 6) is 1.25. The minimum atomic E-state index is -0.216. The molecular formula is C28H36N6O2S. The predicted octanol–water partition coefficient (Wildman–Crippen LogP) is 4.93. The van der Waals surface area contributed by atoms with Gasteiger partial charge in [-0.15, -0.1) is 0 Å². The molecule has 3 heterocycles. The van der Waals surface area contributed by atoms with E-state index in [-0.39, 0.29) is 17.6 Å². The standard InChI is InChI=1S/C28H36N6O2S/c1-28(2,3)33(5)15-13-24(23-12-7-8-14-29-23)36-21-11-9-10-20(18-21)34-17-16-32(4)25-22(26(34)35)19-30-27(31-25)37-6/h7-12,14,18-19,24H,13,15-17H2,1-6H3. The zero-order chi connectivity index (χ0) is 26.6. The van der Waals surface area contributed by atoms with Crippen LogP contribution in [0.25, 0.3) is 0 Å². The third-order valence-corrected chi connectivity index (χ3v) is 7.28. The van der Waals surface area contributed by atoms with E-state index >= 15 is 0 Å². The summed E-state index contributed by atoms with van der Waals surface area (Å²) in [5, 5.41) is 0.653. The first kappa shape index (κ1) is 26.9. The number of amides is 1. The van der Waals surface area contributed by atoms with Gasteiger partial charge in [-0.1, -0.05) is 23.9 Å². The van der Waals surface area contributed by atoms with E-state index in [4.69, 9.17) is 4.74 Å². The number of rotatable bonds is 8. The van der Waals surface area contributed by atoms with Crippen LogP contribution >= 0.6 is 11.8 Å². The van der Waals surface area contributed by atoms with Crippen LogP contribution in [0.5, 0.6) is 5.75 Å². The van der Waals surface area contributed by atoms with E-state index in [1.165, 1.54) is 11.8 Å². The lowest BCUT2D eigenvalue weighted by Gasteiger charge is -2.33. The molecule has 0 N–H and O–H groups in total. The molecule has 37 heavy (non-hydrogen) atoms. The third kappa shape index (κ3) is 6.40. The van der Waals surface area contributed by atoms with Gasteiger partial charge in [0, 0.05) is 62.8 Å². The van der Waals surface area contributed by atoms with Gasteiger partial charge in [0.15, 0.2) is 5.16 Å². The number of likely N-dealkylation sites (N-methyl/N-ethyl adjacent to an activating group) is 1. The van der Waals surface area contributed by atoms with Crippen molar-refractivity contribution in [2.75, 3.05) is 49.8 Å². The number of carbonyl (C=O) groups excluding carboxylic acids is 1. The van der Waals surface area contributed by atoms with E-state index in [0.29, 0.717) is 35.4 Å². The monoisotopic (exact) mass is 520 g/mol. The molecule has 1 atom stereocenters. The Kier molecular flexibility index (Phi) is 8.34. The van der Waals surface area contributed by atoms with Crippen LogP contribution in [0.3, 0.4) is 0 Å². The first-order chi connectivity index (χ1) is 17.7. The molecule has 8 nitrogen and oxygen atoms in total. The third-order valence-electron chi connectivity index (χ3n) is 6.72. The van der Waals surface area contributed by atoms with Crippen LogP contribution in [0.1, 0.15) is 49.3 Å². The maximum Gasteiger partial charge on any atom is 0.263 e. The number of carbonyl (C=O) groups is 1. The molecule has 0 fully saturated rings. The van der Waals surface area contributed by atoms with Gasteiger partial charge in [0.25, 0.3) is 5.91 Å². The maximum atomic E-state index is 13.6. The zero-order valence-corrected chi connectivity index (χ0v) is 23.3. The first-order valence-electron chi connectivity index (χ1n) is 12.5. The van der Waals surface area contributed by atoms with Gasteiger partial charge < -0.3 is 19.4 Å². The smallest absolute Gasteiger partial charge is 0.263 e. The highest BCUT2D eigenvalue weighted by Gasteiger charge is 2.28. The summed E-state index contributed by atoms with van der Waals surface area (Å²) in [5.41, 5.74) is 2.23. The summed E-state index contributed by atoms with van der Waals surface area (Å²) < 4.78 is 6.52. The van der Waals surface area contributed by atoms with Crippen LogP contribution in [0.4, 0.5) is 11.5 Å². The number of ether oxygens (including phenoxy) is 1. The largest absolute Gasteiger partial charge is 0.484 e. The highest BCUT2D eigenvalue weighted by molar-refractivity contribution is 7.98. The average Bonchev–Trinajstić information content (AvgIpc) is 3.02. The quantitative estimate of drug-likeness (QED) is 0.306. The van der Waals surface area contributed by atoms with Crippen molar-refractivity contribution < 1.29 is 9.53 Å². The highest BCUT2D eigenvalue weighted by Crippen LogP contribution is 2.31. The van der Waals surface area contributed by atoms with E-state index < -0.39 is 0 Å². The lowest BCUT2D eigenvalue weighted by atomic mass is 10.1. The molecule has 0 bridgehead atoms. The summed E-state index contributed by atoms with van der Waals surface area (Å²) in [6.45, 7) is 8.65. The highest BCUT2D eigenvalue weighted by atomic mass is 32.2. The van der Waals surface area contributed by atoms with Crippen molar-refractivity contribution in [3.63, 3.8) is 0 Å². The SMILES string of the molecule is CSc1ncc2c(n1)N(C)CCN(c1cccc(OC(CCN(C)C(C)(C)C)c3ccccn3)c1)C2=O. The van der Waals surface area contributed by atoms with Gasteiger partial charge in [0.05, 0.1) is 5.69 Å². The molecule has 9 heteroatoms. The number of hydrogen-bond donors (Lipinski definition) is 0. The molecule has 1 amide bonds. The van der Waals surface area contributed by atoms with Crippen molar-refractivity contribution in [3.8, 4) is 5.75 Å². The van der Waals surface area contributed by atoms with Crippen molar-refractivity contribution in [1.82, 2.24) is 19.9 Å². The fraction of sp³-hybridized carbons (Fsp3) is 0.429. The van der Waals surface area contributed by atoms with Crippen molar-refractivity contribution in [3.05, 3.63) is 66.1 Å². The number of nitrogens with zero attached hydrogens (tertiary/aromatic N) is 6. The molecule has 0 saturated carbocycles. The van der Waals surface area contributed by atoms with Crippen LogP contribution < -0.4 is 14.5 Å². The molecule has 1 aromatic carbocycles. The van der Waals surface area contributed by atoms with Crippen LogP contribution in [0.2, 0.25) is 0 Å². The summed E-state index contributed by atoms with van der Waals surface area (Å²) in [6.07, 6.45) is 5.92. The first-order valence-corrected chi connectivity index (χ1v) is 13.7. The van der Waals surface area contributed by atoms with Crippen molar-refractivity contribution in [2.45, 2.75) is 44.0 Å². The van der Waals surface area contributed by atoms with Gasteiger partial charge in [-0.25, -0.2) is 9.97 Å². The molecule has 2 aromatic heterocycles. The van der Waals surface area contributed by atoms with Crippen LogP contribution in [-0.2, 0) is 0 Å². The van der Waals surface area contributed by atoms with Gasteiger partial charge in [0.2, 0.25) is 0 Å². The Bertz CT molecular complexity index is 1220. The number of anilines is 2. The van der Waals surface area contributed by atoms with Gasteiger partial charge in [-0.2, -0.15) is 0 Å². The molecule has 0 spiro atoms. The zero-order valence-electron chi connectivity index (χ0n) is 22.5. The lowest BCUT2D eigenvalue weighted by Crippen LogP contribution is -2.39. The Morgan fingerprint density at radius 3 is 2.65 bits per heavy atom. The van der Waals surface area contributed by atoms with Gasteiger partial charge >= 0.3 is 0 Å². The number of thioether (sulfide) groups is 1. The fourth-order valence-electron chi connectivity index (χ4n) is 4.12. The molecular weight excluding hydrogens is 484 g/mol. The van der Waals surface area contributed by atoms with Crippen molar-refractivity contribution in [2.24, 2.45) is 0 Å². The molecule has 196 valence electrons. The molecule has 1 aliphatic rings. The number of pyridine rings is 1. The van der Waals surface area contributed by atoms with E-state index in [2.05, 4.69) is 47.7 Å². The Morgan fingerprint density at radius 1 is 1.14 bits per heavy atom. The molecule has 0 saturated heterocycles. The number of aromatic nitrogens is 3. The van der Waals surface area contributed by atoms with Crippen LogP contribution in [-0.4, -0.2) is 71.3 Å². The molecule has 3 aromatic rings. The van der Waals surface area contributed by atoms with Crippen molar-refractivity contribution >= 4 is 29.2 Å². The van der Waals surface area contributed by atoms with E-state index in [0.717, 1.165) is 24.3 Å². The topological polar surface area (TPSA) is 74.7 Å². The fourth-order valence-corrected chi connectivity index (χ4v) is 4.45. The van der Waals surface area contributed by atoms with E-state index in [1.807, 2.05) is 60.7 Å². The number of fused-ring (bicyclic) bond motifs is 1. The summed E-state index contributed by atoms with van der Waals surface area (Å²) in [7, 11) is 4.08. The lowest BCUT2D eigenvalue weighted by molar-refractivity contribution is 0.0989. The summed E-state index contributed by atoms with van der Waals surface area (Å²) in [4.78, 5) is 33.2.